The molecule has 1 fully saturated rings. The first-order valence-corrected chi connectivity index (χ1v) is 5.86. The minimum absolute atomic E-state index is 1.27. The molecule has 1 aliphatic rings. The zero-order valence-corrected chi connectivity index (χ0v) is 8.92. The van der Waals surface area contributed by atoms with E-state index in [0.29, 0.717) is 0 Å². The second-order valence-electron chi connectivity index (χ2n) is 4.41. The molecule has 0 bridgehead atoms. The molecule has 3 rings (SSSR count). The van der Waals surface area contributed by atoms with Crippen LogP contribution >= 0.6 is 0 Å². The van der Waals surface area contributed by atoms with E-state index in [9.17, 15) is 0 Å². The SMILES string of the molecule is c1ccc2c([C]3CCCCC3)c[nH]c2c1. The Hall–Kier alpha value is -1.24. The van der Waals surface area contributed by atoms with Gasteiger partial charge in [0.25, 0.3) is 0 Å². The monoisotopic (exact) mass is 198 g/mol. The van der Waals surface area contributed by atoms with Gasteiger partial charge in [-0.15, -0.1) is 0 Å². The number of nitrogens with one attached hydrogen (secondary N) is 1. The molecule has 1 nitrogen and oxygen atoms in total. The molecule has 1 heterocycles. The molecule has 0 saturated heterocycles. The van der Waals surface area contributed by atoms with Gasteiger partial charge in [0.2, 0.25) is 0 Å². The van der Waals surface area contributed by atoms with Gasteiger partial charge in [0.05, 0.1) is 0 Å². The van der Waals surface area contributed by atoms with Gasteiger partial charge < -0.3 is 4.98 Å². The molecule has 1 N–H and O–H groups in total. The second kappa shape index (κ2) is 3.73. The Morgan fingerprint density at radius 2 is 1.73 bits per heavy atom. The van der Waals surface area contributed by atoms with Gasteiger partial charge in [-0.2, -0.15) is 0 Å². The van der Waals surface area contributed by atoms with E-state index >= 15 is 0 Å². The van der Waals surface area contributed by atoms with Crippen molar-refractivity contribution in [1.29, 1.82) is 0 Å². The van der Waals surface area contributed by atoms with Gasteiger partial charge in [-0.3, -0.25) is 0 Å². The van der Waals surface area contributed by atoms with Gasteiger partial charge in [0.15, 0.2) is 0 Å². The van der Waals surface area contributed by atoms with Crippen LogP contribution in [-0.4, -0.2) is 4.98 Å². The lowest BCUT2D eigenvalue weighted by Crippen LogP contribution is -2.04. The molecule has 15 heavy (non-hydrogen) atoms. The third kappa shape index (κ3) is 1.56. The summed E-state index contributed by atoms with van der Waals surface area (Å²) in [6.45, 7) is 0. The molecule has 1 aromatic heterocycles. The van der Waals surface area contributed by atoms with Crippen molar-refractivity contribution in [3.8, 4) is 0 Å². The van der Waals surface area contributed by atoms with Crippen molar-refractivity contribution >= 4 is 10.9 Å². The van der Waals surface area contributed by atoms with Gasteiger partial charge in [-0.1, -0.05) is 37.5 Å². The maximum atomic E-state index is 3.36. The Morgan fingerprint density at radius 3 is 2.60 bits per heavy atom. The lowest BCUT2D eigenvalue weighted by Gasteiger charge is -2.20. The van der Waals surface area contributed by atoms with E-state index in [2.05, 4.69) is 35.4 Å². The van der Waals surface area contributed by atoms with Crippen molar-refractivity contribution in [2.45, 2.75) is 32.1 Å². The number of aromatic nitrogens is 1. The van der Waals surface area contributed by atoms with Crippen LogP contribution < -0.4 is 0 Å². The van der Waals surface area contributed by atoms with Crippen molar-refractivity contribution in [3.63, 3.8) is 0 Å². The van der Waals surface area contributed by atoms with E-state index in [0.717, 1.165) is 0 Å². The molecule has 1 heteroatoms. The van der Waals surface area contributed by atoms with E-state index in [4.69, 9.17) is 0 Å². The Bertz CT molecular complexity index is 449. The number of H-pyrrole nitrogens is 1. The predicted molar refractivity (Wildman–Crippen MR) is 63.7 cm³/mol. The topological polar surface area (TPSA) is 15.8 Å². The highest BCUT2D eigenvalue weighted by atomic mass is 14.7. The smallest absolute Gasteiger partial charge is 0.0457 e. The fourth-order valence-electron chi connectivity index (χ4n) is 2.61. The Balaban J connectivity index is 2.02. The summed E-state index contributed by atoms with van der Waals surface area (Å²) in [5.41, 5.74) is 2.73. The van der Waals surface area contributed by atoms with Gasteiger partial charge >= 0.3 is 0 Å². The molecular weight excluding hydrogens is 182 g/mol. The van der Waals surface area contributed by atoms with Crippen LogP contribution in [0.2, 0.25) is 0 Å². The molecule has 0 unspecified atom stereocenters. The van der Waals surface area contributed by atoms with Crippen molar-refractivity contribution in [1.82, 2.24) is 4.98 Å². The molecule has 77 valence electrons. The van der Waals surface area contributed by atoms with Crippen LogP contribution in [0.25, 0.3) is 10.9 Å². The Labute approximate surface area is 90.5 Å². The molecule has 0 spiro atoms. The highest BCUT2D eigenvalue weighted by molar-refractivity contribution is 5.85. The number of rotatable bonds is 1. The van der Waals surface area contributed by atoms with E-state index in [-0.39, 0.29) is 0 Å². The molecule has 2 aromatic rings. The summed E-state index contributed by atoms with van der Waals surface area (Å²) in [6.07, 6.45) is 8.92. The molecule has 0 amide bonds. The number of benzene rings is 1. The number of aromatic amines is 1. The van der Waals surface area contributed by atoms with Gasteiger partial charge in [0, 0.05) is 23.0 Å². The number of para-hydroxylation sites is 1. The molecule has 0 atom stereocenters. The Morgan fingerprint density at radius 1 is 0.933 bits per heavy atom. The minimum atomic E-state index is 1.27. The largest absolute Gasteiger partial charge is 0.361 e. The quantitative estimate of drug-likeness (QED) is 0.711. The molecule has 0 aliphatic heterocycles. The summed E-state index contributed by atoms with van der Waals surface area (Å²) >= 11 is 0. The lowest BCUT2D eigenvalue weighted by molar-refractivity contribution is 0.552. The third-order valence-electron chi connectivity index (χ3n) is 3.43. The van der Waals surface area contributed by atoms with Crippen LogP contribution in [0.15, 0.2) is 30.5 Å². The fraction of sp³-hybridized carbons (Fsp3) is 0.357. The second-order valence-corrected chi connectivity index (χ2v) is 4.41. The van der Waals surface area contributed by atoms with Crippen LogP contribution in [0.3, 0.4) is 0 Å². The summed E-state index contributed by atoms with van der Waals surface area (Å²) in [4.78, 5) is 3.36. The average Bonchev–Trinajstić information content (AvgIpc) is 2.74. The fourth-order valence-corrected chi connectivity index (χ4v) is 2.61. The lowest BCUT2D eigenvalue weighted by atomic mass is 9.84. The molecule has 1 aliphatic carbocycles. The van der Waals surface area contributed by atoms with Crippen LogP contribution in [0, 0.1) is 5.92 Å². The zero-order chi connectivity index (χ0) is 10.1. The standard InChI is InChI=1S/C14H16N/c1-2-6-11(7-3-1)13-10-15-14-9-5-4-8-12(13)14/h4-5,8-10,15H,1-3,6-7H2. The number of hydrogen-bond acceptors (Lipinski definition) is 0. The van der Waals surface area contributed by atoms with Crippen LogP contribution in [0.4, 0.5) is 0 Å². The van der Waals surface area contributed by atoms with E-state index in [1.54, 1.807) is 5.92 Å². The number of fused-ring (bicyclic) bond motifs is 1. The van der Waals surface area contributed by atoms with E-state index in [1.165, 1.54) is 48.6 Å². The van der Waals surface area contributed by atoms with Gasteiger partial charge in [-0.25, -0.2) is 0 Å². The maximum Gasteiger partial charge on any atom is 0.0457 e. The van der Waals surface area contributed by atoms with Crippen molar-refractivity contribution in [2.75, 3.05) is 0 Å². The minimum Gasteiger partial charge on any atom is -0.361 e. The van der Waals surface area contributed by atoms with Gasteiger partial charge in [-0.05, 0) is 24.5 Å². The summed E-state index contributed by atoms with van der Waals surface area (Å²) in [6, 6.07) is 8.60. The van der Waals surface area contributed by atoms with E-state index < -0.39 is 0 Å². The third-order valence-corrected chi connectivity index (χ3v) is 3.43. The van der Waals surface area contributed by atoms with Crippen LogP contribution in [0.5, 0.6) is 0 Å². The van der Waals surface area contributed by atoms with E-state index in [1.807, 2.05) is 0 Å². The first kappa shape index (κ1) is 9.02. The first-order valence-electron chi connectivity index (χ1n) is 5.86. The summed E-state index contributed by atoms with van der Waals surface area (Å²) in [7, 11) is 0. The summed E-state index contributed by atoms with van der Waals surface area (Å²) in [5.74, 6) is 1.65. The molecule has 1 aromatic carbocycles. The number of hydrogen-bond donors (Lipinski definition) is 1. The predicted octanol–water partition coefficient (Wildman–Crippen LogP) is 4.05. The highest BCUT2D eigenvalue weighted by Gasteiger charge is 2.18. The van der Waals surface area contributed by atoms with Crippen molar-refractivity contribution in [2.24, 2.45) is 0 Å². The molecular formula is C14H16N. The molecule has 1 saturated carbocycles. The normalized spacial score (nSPS) is 18.4. The average molecular weight is 198 g/mol. The summed E-state index contributed by atoms with van der Waals surface area (Å²) < 4.78 is 0. The van der Waals surface area contributed by atoms with Gasteiger partial charge in [0.1, 0.15) is 0 Å². The Kier molecular flexibility index (Phi) is 2.24. The van der Waals surface area contributed by atoms with Crippen molar-refractivity contribution in [3.05, 3.63) is 41.9 Å². The van der Waals surface area contributed by atoms with Crippen molar-refractivity contribution < 1.29 is 0 Å². The maximum absolute atomic E-state index is 3.36. The van der Waals surface area contributed by atoms with Crippen LogP contribution in [0.1, 0.15) is 37.7 Å². The zero-order valence-electron chi connectivity index (χ0n) is 8.92. The summed E-state index contributed by atoms with van der Waals surface area (Å²) in [5, 5.41) is 1.40. The first-order chi connectivity index (χ1) is 7.45. The molecule has 1 radical (unpaired) electrons. The van der Waals surface area contributed by atoms with Crippen LogP contribution in [-0.2, 0) is 0 Å². The highest BCUT2D eigenvalue weighted by Crippen LogP contribution is 2.35.